The quantitative estimate of drug-likeness (QED) is 0.561. The second kappa shape index (κ2) is 3.32. The minimum atomic E-state index is 0.446. The van der Waals surface area contributed by atoms with Crippen LogP contribution in [0.4, 0.5) is 0 Å². The fourth-order valence-electron chi connectivity index (χ4n) is 1.13. The smallest absolute Gasteiger partial charge is 0.0297 e. The molecule has 0 radical (unpaired) electrons. The van der Waals surface area contributed by atoms with Crippen molar-refractivity contribution >= 4 is 0 Å². The first-order valence-corrected chi connectivity index (χ1v) is 3.81. The lowest BCUT2D eigenvalue weighted by atomic mass is 10.1. The first-order valence-electron chi connectivity index (χ1n) is 3.81. The lowest BCUT2D eigenvalue weighted by Gasteiger charge is -2.37. The SMILES string of the molecule is CN(C)CCN1CC(N)C1. The zero-order chi connectivity index (χ0) is 7.56. The molecule has 1 heterocycles. The molecule has 0 saturated carbocycles. The van der Waals surface area contributed by atoms with E-state index in [2.05, 4.69) is 23.9 Å². The third-order valence-corrected chi connectivity index (χ3v) is 1.85. The molecule has 1 rings (SSSR count). The molecule has 0 aliphatic carbocycles. The average Bonchev–Trinajstić information content (AvgIpc) is 1.77. The Morgan fingerprint density at radius 2 is 2.10 bits per heavy atom. The van der Waals surface area contributed by atoms with Crippen LogP contribution in [0.5, 0.6) is 0 Å². The van der Waals surface area contributed by atoms with Gasteiger partial charge in [0.1, 0.15) is 0 Å². The fraction of sp³-hybridized carbons (Fsp3) is 1.00. The monoisotopic (exact) mass is 143 g/mol. The summed E-state index contributed by atoms with van der Waals surface area (Å²) in [5, 5.41) is 0. The Morgan fingerprint density at radius 1 is 1.50 bits per heavy atom. The molecule has 1 fully saturated rings. The number of hydrogen-bond acceptors (Lipinski definition) is 3. The summed E-state index contributed by atoms with van der Waals surface area (Å²) in [6, 6.07) is 0.446. The first-order chi connectivity index (χ1) is 4.68. The predicted octanol–water partition coefficient (Wildman–Crippen LogP) is -0.809. The molecule has 0 spiro atoms. The number of rotatable bonds is 3. The zero-order valence-corrected chi connectivity index (χ0v) is 6.88. The van der Waals surface area contributed by atoms with Crippen molar-refractivity contribution in [3.63, 3.8) is 0 Å². The van der Waals surface area contributed by atoms with Crippen LogP contribution in [0.3, 0.4) is 0 Å². The van der Waals surface area contributed by atoms with Crippen molar-refractivity contribution in [2.24, 2.45) is 5.73 Å². The Kier molecular flexibility index (Phi) is 2.65. The largest absolute Gasteiger partial charge is 0.325 e. The van der Waals surface area contributed by atoms with E-state index in [4.69, 9.17) is 5.73 Å². The maximum absolute atomic E-state index is 5.62. The van der Waals surface area contributed by atoms with Crippen molar-refractivity contribution in [2.45, 2.75) is 6.04 Å². The van der Waals surface area contributed by atoms with E-state index in [0.29, 0.717) is 6.04 Å². The summed E-state index contributed by atoms with van der Waals surface area (Å²) in [6.07, 6.45) is 0. The number of hydrogen-bond donors (Lipinski definition) is 1. The molecule has 1 aliphatic rings. The van der Waals surface area contributed by atoms with E-state index in [9.17, 15) is 0 Å². The lowest BCUT2D eigenvalue weighted by Crippen LogP contribution is -2.56. The van der Waals surface area contributed by atoms with E-state index in [1.165, 1.54) is 6.54 Å². The molecule has 0 amide bonds. The molecular weight excluding hydrogens is 126 g/mol. The van der Waals surface area contributed by atoms with E-state index in [1.807, 2.05) is 0 Å². The van der Waals surface area contributed by atoms with Crippen LogP contribution in [-0.4, -0.2) is 56.1 Å². The fourth-order valence-corrected chi connectivity index (χ4v) is 1.13. The second-order valence-electron chi connectivity index (χ2n) is 3.32. The van der Waals surface area contributed by atoms with Gasteiger partial charge in [0.2, 0.25) is 0 Å². The highest BCUT2D eigenvalue weighted by Gasteiger charge is 2.21. The minimum absolute atomic E-state index is 0.446. The Hall–Kier alpha value is -0.120. The highest BCUT2D eigenvalue weighted by Crippen LogP contribution is 2.03. The normalized spacial score (nSPS) is 21.6. The molecule has 0 aromatic carbocycles. The van der Waals surface area contributed by atoms with Gasteiger partial charge in [0, 0.05) is 32.2 Å². The zero-order valence-electron chi connectivity index (χ0n) is 6.88. The van der Waals surface area contributed by atoms with Crippen molar-refractivity contribution in [3.8, 4) is 0 Å². The maximum atomic E-state index is 5.62. The number of nitrogens with two attached hydrogens (primary N) is 1. The third kappa shape index (κ3) is 2.25. The molecule has 10 heavy (non-hydrogen) atoms. The van der Waals surface area contributed by atoms with Gasteiger partial charge in [-0.25, -0.2) is 0 Å². The minimum Gasteiger partial charge on any atom is -0.325 e. The van der Waals surface area contributed by atoms with Crippen molar-refractivity contribution in [3.05, 3.63) is 0 Å². The molecule has 60 valence electrons. The molecule has 0 atom stereocenters. The van der Waals surface area contributed by atoms with Crippen LogP contribution in [0, 0.1) is 0 Å². The van der Waals surface area contributed by atoms with Gasteiger partial charge in [-0.05, 0) is 14.1 Å². The van der Waals surface area contributed by atoms with Gasteiger partial charge < -0.3 is 10.6 Å². The standard InChI is InChI=1S/C7H17N3/c1-9(2)3-4-10-5-7(8)6-10/h7H,3-6,8H2,1-2H3. The van der Waals surface area contributed by atoms with Crippen LogP contribution < -0.4 is 5.73 Å². The van der Waals surface area contributed by atoms with E-state index in [1.54, 1.807) is 0 Å². The molecule has 3 heteroatoms. The Labute approximate surface area is 62.8 Å². The molecule has 3 nitrogen and oxygen atoms in total. The number of likely N-dealkylation sites (N-methyl/N-ethyl adjacent to an activating group) is 1. The highest BCUT2D eigenvalue weighted by atomic mass is 15.2. The van der Waals surface area contributed by atoms with Gasteiger partial charge in [0.25, 0.3) is 0 Å². The van der Waals surface area contributed by atoms with Crippen LogP contribution in [-0.2, 0) is 0 Å². The summed E-state index contributed by atoms with van der Waals surface area (Å²) in [5.74, 6) is 0. The average molecular weight is 143 g/mol. The Balaban J connectivity index is 1.95. The Bertz CT molecular complexity index is 97.0. The molecule has 0 aromatic rings. The molecule has 1 aliphatic heterocycles. The third-order valence-electron chi connectivity index (χ3n) is 1.85. The van der Waals surface area contributed by atoms with Crippen molar-refractivity contribution in [1.82, 2.24) is 9.80 Å². The predicted molar refractivity (Wildman–Crippen MR) is 43.0 cm³/mol. The summed E-state index contributed by atoms with van der Waals surface area (Å²) < 4.78 is 0. The number of likely N-dealkylation sites (tertiary alicyclic amines) is 1. The van der Waals surface area contributed by atoms with Gasteiger partial charge in [0.15, 0.2) is 0 Å². The summed E-state index contributed by atoms with van der Waals surface area (Å²) in [5.41, 5.74) is 5.62. The molecule has 2 N–H and O–H groups in total. The highest BCUT2D eigenvalue weighted by molar-refractivity contribution is 4.82. The van der Waals surface area contributed by atoms with E-state index in [-0.39, 0.29) is 0 Å². The summed E-state index contributed by atoms with van der Waals surface area (Å²) in [7, 11) is 4.19. The number of nitrogens with zero attached hydrogens (tertiary/aromatic N) is 2. The lowest BCUT2D eigenvalue weighted by molar-refractivity contribution is 0.138. The molecular formula is C7H17N3. The van der Waals surface area contributed by atoms with Gasteiger partial charge in [-0.3, -0.25) is 4.90 Å². The van der Waals surface area contributed by atoms with Gasteiger partial charge in [-0.15, -0.1) is 0 Å². The van der Waals surface area contributed by atoms with Gasteiger partial charge in [0.05, 0.1) is 0 Å². The van der Waals surface area contributed by atoms with Crippen LogP contribution >= 0.6 is 0 Å². The maximum Gasteiger partial charge on any atom is 0.0297 e. The van der Waals surface area contributed by atoms with Crippen molar-refractivity contribution in [2.75, 3.05) is 40.3 Å². The van der Waals surface area contributed by atoms with Crippen molar-refractivity contribution in [1.29, 1.82) is 0 Å². The van der Waals surface area contributed by atoms with Crippen LogP contribution in [0.15, 0.2) is 0 Å². The van der Waals surface area contributed by atoms with Crippen LogP contribution in [0.2, 0.25) is 0 Å². The Morgan fingerprint density at radius 3 is 2.50 bits per heavy atom. The van der Waals surface area contributed by atoms with E-state index in [0.717, 1.165) is 19.6 Å². The van der Waals surface area contributed by atoms with Crippen LogP contribution in [0.1, 0.15) is 0 Å². The van der Waals surface area contributed by atoms with Gasteiger partial charge in [-0.2, -0.15) is 0 Å². The summed E-state index contributed by atoms with van der Waals surface area (Å²) >= 11 is 0. The van der Waals surface area contributed by atoms with Gasteiger partial charge >= 0.3 is 0 Å². The molecule has 0 unspecified atom stereocenters. The van der Waals surface area contributed by atoms with Crippen molar-refractivity contribution < 1.29 is 0 Å². The van der Waals surface area contributed by atoms with Gasteiger partial charge in [-0.1, -0.05) is 0 Å². The summed E-state index contributed by atoms with van der Waals surface area (Å²) in [6.45, 7) is 4.50. The first kappa shape index (κ1) is 7.98. The molecule has 1 saturated heterocycles. The van der Waals surface area contributed by atoms with E-state index >= 15 is 0 Å². The van der Waals surface area contributed by atoms with Crippen LogP contribution in [0.25, 0.3) is 0 Å². The second-order valence-corrected chi connectivity index (χ2v) is 3.32. The topological polar surface area (TPSA) is 32.5 Å². The van der Waals surface area contributed by atoms with E-state index < -0.39 is 0 Å². The molecule has 0 aromatic heterocycles. The summed E-state index contributed by atoms with van der Waals surface area (Å²) in [4.78, 5) is 4.58. The molecule has 0 bridgehead atoms.